The summed E-state index contributed by atoms with van der Waals surface area (Å²) in [5.41, 5.74) is 7.42. The third-order valence-electron chi connectivity index (χ3n) is 6.19. The number of halogens is 1. The van der Waals surface area contributed by atoms with Crippen molar-refractivity contribution in [3.05, 3.63) is 59.7 Å². The Morgan fingerprint density at radius 3 is 1.48 bits per heavy atom. The van der Waals surface area contributed by atoms with Crippen LogP contribution < -0.4 is 10.5 Å². The van der Waals surface area contributed by atoms with Gasteiger partial charge in [0.05, 0.1) is 9.79 Å². The van der Waals surface area contributed by atoms with E-state index in [0.717, 1.165) is 23.6 Å². The number of hydrogen-bond acceptors (Lipinski definition) is 11. The highest BCUT2D eigenvalue weighted by Gasteiger charge is 2.38. The molecule has 0 aromatic heterocycles. The zero-order chi connectivity index (χ0) is 33.9. The molecule has 0 saturated heterocycles. The summed E-state index contributed by atoms with van der Waals surface area (Å²) in [6, 6.07) is 14.4. The molecule has 2 aromatic rings. The molecular weight excluding hydrogens is 668 g/mol. The standard InChI is InChI=1S/C13H23NO5SSi.C7H7ClO2S.C7H19NO3Si/c1-12-6-8-13(9-7-12)20(15,16)14-10-5-11-21(17-2,18-3)19-4;1-6-2-4-7(5-3-6)11(8,9)10;1-4-11-12(9-2,10-3)7-5-6-8/h6-9,14H,5,10-11H2,1-4H3;2-5H,1H3;4-8H2,1-3H3. The van der Waals surface area contributed by atoms with Crippen LogP contribution in [0.1, 0.15) is 30.9 Å². The molecule has 0 unspecified atom stereocenters. The highest BCUT2D eigenvalue weighted by Crippen LogP contribution is 2.17. The van der Waals surface area contributed by atoms with Crippen molar-refractivity contribution in [1.29, 1.82) is 0 Å². The van der Waals surface area contributed by atoms with Gasteiger partial charge in [-0.05, 0) is 64.4 Å². The first-order valence-corrected chi connectivity index (χ1v) is 21.5. The van der Waals surface area contributed by atoms with Crippen LogP contribution in [-0.4, -0.2) is 89.7 Å². The van der Waals surface area contributed by atoms with E-state index >= 15 is 0 Å². The molecule has 0 heterocycles. The molecule has 0 amide bonds. The minimum atomic E-state index is -3.55. The number of nitrogens with two attached hydrogens (primary N) is 1. The number of nitrogens with one attached hydrogen (secondary N) is 1. The molecule has 0 atom stereocenters. The van der Waals surface area contributed by atoms with Crippen LogP contribution in [-0.2, 0) is 45.6 Å². The molecule has 0 bridgehead atoms. The SMILES string of the molecule is CCO[Si](CCCN)(OC)OC.CO[Si](CCCNS(=O)(=O)c1ccc(C)cc1)(OC)OC.Cc1ccc(S(=O)(=O)Cl)cc1. The Hall–Kier alpha value is -1.26. The number of rotatable bonds is 17. The van der Waals surface area contributed by atoms with Crippen molar-refractivity contribution in [2.75, 3.05) is 55.2 Å². The third-order valence-corrected chi connectivity index (χ3v) is 14.8. The first kappa shape index (κ1) is 42.7. The summed E-state index contributed by atoms with van der Waals surface area (Å²) in [7, 11) is 0.950. The van der Waals surface area contributed by atoms with E-state index in [4.69, 9.17) is 43.0 Å². The summed E-state index contributed by atoms with van der Waals surface area (Å²) in [4.78, 5) is 0.409. The lowest BCUT2D eigenvalue weighted by Gasteiger charge is -2.25. The summed E-state index contributed by atoms with van der Waals surface area (Å²) in [5, 5.41) is 0. The molecule has 12 nitrogen and oxygen atoms in total. The van der Waals surface area contributed by atoms with Crippen molar-refractivity contribution >= 4 is 47.4 Å². The first-order chi connectivity index (χ1) is 20.6. The Kier molecular flexibility index (Phi) is 20.9. The van der Waals surface area contributed by atoms with Crippen molar-refractivity contribution in [1.82, 2.24) is 4.72 Å². The molecule has 0 aliphatic heterocycles. The Bertz CT molecular complexity index is 1250. The van der Waals surface area contributed by atoms with Gasteiger partial charge in [0.15, 0.2) is 0 Å². The second-order valence-corrected chi connectivity index (χ2v) is 19.7. The molecule has 0 aliphatic rings. The van der Waals surface area contributed by atoms with Crippen molar-refractivity contribution in [3.63, 3.8) is 0 Å². The Balaban J connectivity index is 0.000000684. The van der Waals surface area contributed by atoms with Gasteiger partial charge in [0, 0.05) is 71.5 Å². The Morgan fingerprint density at radius 1 is 0.705 bits per heavy atom. The van der Waals surface area contributed by atoms with E-state index in [1.807, 2.05) is 20.8 Å². The van der Waals surface area contributed by atoms with Gasteiger partial charge >= 0.3 is 17.6 Å². The van der Waals surface area contributed by atoms with E-state index < -0.39 is 36.7 Å². The highest BCUT2D eigenvalue weighted by molar-refractivity contribution is 8.13. The number of aryl methyl sites for hydroxylation is 2. The van der Waals surface area contributed by atoms with Crippen LogP contribution in [0, 0.1) is 13.8 Å². The zero-order valence-electron chi connectivity index (χ0n) is 26.9. The fraction of sp³-hybridized carbons (Fsp3) is 0.556. The van der Waals surface area contributed by atoms with E-state index in [9.17, 15) is 16.8 Å². The fourth-order valence-corrected chi connectivity index (χ4v) is 9.18. The summed E-state index contributed by atoms with van der Waals surface area (Å²) >= 11 is 0. The minimum Gasteiger partial charge on any atom is -0.377 e. The monoisotopic (exact) mass is 716 g/mol. The molecule has 17 heteroatoms. The molecule has 0 radical (unpaired) electrons. The quantitative estimate of drug-likeness (QED) is 0.138. The summed E-state index contributed by atoms with van der Waals surface area (Å²) < 4.78 is 80.0. The second kappa shape index (κ2) is 21.5. The maximum Gasteiger partial charge on any atom is 0.500 e. The summed E-state index contributed by atoms with van der Waals surface area (Å²) in [6.07, 6.45) is 1.46. The van der Waals surface area contributed by atoms with Gasteiger partial charge in [-0.25, -0.2) is 21.6 Å². The molecule has 254 valence electrons. The van der Waals surface area contributed by atoms with Crippen molar-refractivity contribution in [2.24, 2.45) is 5.73 Å². The number of sulfonamides is 1. The molecule has 0 aliphatic carbocycles. The first-order valence-electron chi connectivity index (χ1n) is 13.8. The van der Waals surface area contributed by atoms with Crippen LogP contribution in [0.15, 0.2) is 58.3 Å². The van der Waals surface area contributed by atoms with Crippen LogP contribution in [0.2, 0.25) is 12.1 Å². The normalized spacial score (nSPS) is 12.1. The fourth-order valence-electron chi connectivity index (χ4n) is 3.59. The predicted molar refractivity (Wildman–Crippen MR) is 177 cm³/mol. The average Bonchev–Trinajstić information content (AvgIpc) is 3.00. The van der Waals surface area contributed by atoms with Crippen molar-refractivity contribution < 1.29 is 43.4 Å². The van der Waals surface area contributed by atoms with E-state index in [1.165, 1.54) is 33.5 Å². The molecule has 44 heavy (non-hydrogen) atoms. The van der Waals surface area contributed by atoms with Crippen LogP contribution >= 0.6 is 10.7 Å². The van der Waals surface area contributed by atoms with E-state index in [-0.39, 0.29) is 9.79 Å². The van der Waals surface area contributed by atoms with Crippen LogP contribution in [0.4, 0.5) is 0 Å². The summed E-state index contributed by atoms with van der Waals surface area (Å²) in [5.74, 6) is 0. The largest absolute Gasteiger partial charge is 0.500 e. The molecule has 2 rings (SSSR count). The lowest BCUT2D eigenvalue weighted by molar-refractivity contribution is 0.103. The van der Waals surface area contributed by atoms with E-state index in [0.29, 0.717) is 32.2 Å². The van der Waals surface area contributed by atoms with Crippen LogP contribution in [0.5, 0.6) is 0 Å². The second-order valence-electron chi connectivity index (χ2n) is 9.28. The van der Waals surface area contributed by atoms with Crippen molar-refractivity contribution in [3.8, 4) is 0 Å². The predicted octanol–water partition coefficient (Wildman–Crippen LogP) is 4.07. The Morgan fingerprint density at radius 2 is 1.11 bits per heavy atom. The van der Waals surface area contributed by atoms with Crippen molar-refractivity contribution in [2.45, 2.75) is 55.5 Å². The van der Waals surface area contributed by atoms with E-state index in [2.05, 4.69) is 4.72 Å². The minimum absolute atomic E-state index is 0.143. The molecule has 0 spiro atoms. The lowest BCUT2D eigenvalue weighted by atomic mass is 10.2. The summed E-state index contributed by atoms with van der Waals surface area (Å²) in [6.45, 7) is 7.30. The van der Waals surface area contributed by atoms with Gasteiger partial charge in [-0.3, -0.25) is 0 Å². The van der Waals surface area contributed by atoms with Gasteiger partial charge in [0.25, 0.3) is 9.05 Å². The lowest BCUT2D eigenvalue weighted by Crippen LogP contribution is -2.44. The van der Waals surface area contributed by atoms with Gasteiger partial charge < -0.3 is 32.3 Å². The topological polar surface area (TPSA) is 162 Å². The number of benzene rings is 2. The molecule has 0 fully saturated rings. The molecular formula is C27H49ClN2O10S2Si2. The highest BCUT2D eigenvalue weighted by atomic mass is 35.7. The van der Waals surface area contributed by atoms with Gasteiger partial charge in [0.2, 0.25) is 10.0 Å². The van der Waals surface area contributed by atoms with Crippen LogP contribution in [0.25, 0.3) is 0 Å². The maximum atomic E-state index is 12.1. The number of hydrogen-bond donors (Lipinski definition) is 2. The molecule has 3 N–H and O–H groups in total. The van der Waals surface area contributed by atoms with Gasteiger partial charge in [-0.15, -0.1) is 0 Å². The zero-order valence-corrected chi connectivity index (χ0v) is 31.3. The Labute approximate surface area is 270 Å². The maximum absolute atomic E-state index is 12.1. The van der Waals surface area contributed by atoms with Gasteiger partial charge in [-0.1, -0.05) is 35.4 Å². The smallest absolute Gasteiger partial charge is 0.377 e. The van der Waals surface area contributed by atoms with Crippen LogP contribution in [0.3, 0.4) is 0 Å². The van der Waals surface area contributed by atoms with Gasteiger partial charge in [0.1, 0.15) is 0 Å². The average molecular weight is 717 g/mol. The third kappa shape index (κ3) is 15.8. The van der Waals surface area contributed by atoms with E-state index in [1.54, 1.807) is 50.6 Å². The molecule has 2 aromatic carbocycles. The van der Waals surface area contributed by atoms with Gasteiger partial charge in [-0.2, -0.15) is 0 Å². The molecule has 0 saturated carbocycles.